The van der Waals surface area contributed by atoms with Crippen molar-refractivity contribution in [3.63, 3.8) is 0 Å². The van der Waals surface area contributed by atoms with E-state index in [-0.39, 0.29) is 11.8 Å². The minimum Gasteiger partial charge on any atom is -0.340 e. The van der Waals surface area contributed by atoms with E-state index in [1.165, 1.54) is 5.56 Å². The lowest BCUT2D eigenvalue weighted by Gasteiger charge is -2.20. The van der Waals surface area contributed by atoms with Gasteiger partial charge in [-0.25, -0.2) is 4.98 Å². The largest absolute Gasteiger partial charge is 0.421 e. The summed E-state index contributed by atoms with van der Waals surface area (Å²) in [5.74, 6) is 0.281. The molecule has 1 N–H and O–H groups in total. The Morgan fingerprint density at radius 1 is 0.966 bits per heavy atom. The molecule has 4 nitrogen and oxygen atoms in total. The van der Waals surface area contributed by atoms with Crippen molar-refractivity contribution in [2.75, 3.05) is 17.3 Å². The molecule has 0 aliphatic carbocycles. The third-order valence-electron chi connectivity index (χ3n) is 4.64. The van der Waals surface area contributed by atoms with E-state index in [1.807, 2.05) is 43.3 Å². The highest BCUT2D eigenvalue weighted by Gasteiger charge is 2.35. The van der Waals surface area contributed by atoms with E-state index in [0.717, 1.165) is 17.4 Å². The standard InChI is InChI=1S/C22H23F3N4/c1-14(2)16-7-11-18(12-8-16)29(4)21-26-13-19(22(23,24)25)20(28-21)27-17-9-5-15(3)6-10-17/h5-14H,1-4H3,(H,26,27,28). The quantitative estimate of drug-likeness (QED) is 0.535. The molecule has 2 aromatic carbocycles. The van der Waals surface area contributed by atoms with Crippen LogP contribution in [0.4, 0.5) is 36.3 Å². The van der Waals surface area contributed by atoms with Gasteiger partial charge in [-0.05, 0) is 42.7 Å². The van der Waals surface area contributed by atoms with Crippen molar-refractivity contribution in [3.8, 4) is 0 Å². The van der Waals surface area contributed by atoms with E-state index >= 15 is 0 Å². The molecule has 7 heteroatoms. The van der Waals surface area contributed by atoms with E-state index in [2.05, 4.69) is 29.1 Å². The smallest absolute Gasteiger partial charge is 0.340 e. The molecule has 0 saturated carbocycles. The maximum atomic E-state index is 13.5. The molecule has 0 fully saturated rings. The molecule has 0 unspecified atom stereocenters. The average Bonchev–Trinajstić information content (AvgIpc) is 2.68. The number of nitrogens with one attached hydrogen (secondary N) is 1. The lowest BCUT2D eigenvalue weighted by molar-refractivity contribution is -0.137. The molecule has 1 heterocycles. The second kappa shape index (κ2) is 8.11. The predicted octanol–water partition coefficient (Wildman–Crippen LogP) is 6.44. The molecular weight excluding hydrogens is 377 g/mol. The Bertz CT molecular complexity index is 965. The minimum atomic E-state index is -4.57. The van der Waals surface area contributed by atoms with Crippen molar-refractivity contribution in [3.05, 3.63) is 71.4 Å². The number of hydrogen-bond acceptors (Lipinski definition) is 4. The predicted molar refractivity (Wildman–Crippen MR) is 110 cm³/mol. The van der Waals surface area contributed by atoms with Crippen LogP contribution in [0, 0.1) is 6.92 Å². The molecule has 0 amide bonds. The number of halogens is 3. The number of benzene rings is 2. The summed E-state index contributed by atoms with van der Waals surface area (Å²) in [4.78, 5) is 9.78. The fourth-order valence-electron chi connectivity index (χ4n) is 2.81. The summed E-state index contributed by atoms with van der Waals surface area (Å²) in [7, 11) is 1.72. The molecular formula is C22H23F3N4. The van der Waals surface area contributed by atoms with Gasteiger partial charge in [-0.2, -0.15) is 18.2 Å². The summed E-state index contributed by atoms with van der Waals surface area (Å²) in [6.07, 6.45) is -3.75. The number of nitrogens with zero attached hydrogens (tertiary/aromatic N) is 3. The summed E-state index contributed by atoms with van der Waals surface area (Å²) in [6.45, 7) is 6.11. The molecule has 0 saturated heterocycles. The van der Waals surface area contributed by atoms with E-state index in [9.17, 15) is 13.2 Å². The van der Waals surface area contributed by atoms with Gasteiger partial charge in [0.1, 0.15) is 11.4 Å². The van der Waals surface area contributed by atoms with Crippen molar-refractivity contribution in [2.24, 2.45) is 0 Å². The summed E-state index contributed by atoms with van der Waals surface area (Å²) < 4.78 is 40.4. The van der Waals surface area contributed by atoms with Gasteiger partial charge in [0.05, 0.1) is 0 Å². The average molecular weight is 400 g/mol. The van der Waals surface area contributed by atoms with E-state index in [1.54, 1.807) is 24.1 Å². The third kappa shape index (κ3) is 4.85. The molecule has 3 rings (SSSR count). The first-order chi connectivity index (χ1) is 13.6. The number of aromatic nitrogens is 2. The Morgan fingerprint density at radius 2 is 1.59 bits per heavy atom. The monoisotopic (exact) mass is 400 g/mol. The molecule has 0 bridgehead atoms. The van der Waals surface area contributed by atoms with Gasteiger partial charge in [-0.1, -0.05) is 43.7 Å². The molecule has 3 aromatic rings. The molecule has 0 radical (unpaired) electrons. The van der Waals surface area contributed by atoms with Crippen molar-refractivity contribution >= 4 is 23.1 Å². The van der Waals surface area contributed by atoms with E-state index in [4.69, 9.17) is 0 Å². The zero-order chi connectivity index (χ0) is 21.2. The fraction of sp³-hybridized carbons (Fsp3) is 0.273. The Labute approximate surface area is 168 Å². The first-order valence-electron chi connectivity index (χ1n) is 9.27. The molecule has 0 aliphatic rings. The van der Waals surface area contributed by atoms with Crippen LogP contribution in [-0.4, -0.2) is 17.0 Å². The first kappa shape index (κ1) is 20.6. The Kier molecular flexibility index (Phi) is 5.77. The minimum absolute atomic E-state index is 0.171. The van der Waals surface area contributed by atoms with Gasteiger partial charge >= 0.3 is 6.18 Å². The number of anilines is 4. The molecule has 152 valence electrons. The Hall–Kier alpha value is -3.09. The molecule has 0 aliphatic heterocycles. The van der Waals surface area contributed by atoms with Crippen LogP contribution in [0.3, 0.4) is 0 Å². The number of aryl methyl sites for hydroxylation is 1. The zero-order valence-corrected chi connectivity index (χ0v) is 16.7. The van der Waals surface area contributed by atoms with Crippen LogP contribution in [-0.2, 0) is 6.18 Å². The molecule has 1 aromatic heterocycles. The van der Waals surface area contributed by atoms with Crippen LogP contribution in [0.1, 0.15) is 36.5 Å². The summed E-state index contributed by atoms with van der Waals surface area (Å²) in [5.41, 5.74) is 2.59. The van der Waals surface area contributed by atoms with Crippen LogP contribution >= 0.6 is 0 Å². The van der Waals surface area contributed by atoms with Gasteiger partial charge in [-0.15, -0.1) is 0 Å². The van der Waals surface area contributed by atoms with Crippen LogP contribution in [0.25, 0.3) is 0 Å². The van der Waals surface area contributed by atoms with Gasteiger partial charge in [0, 0.05) is 24.6 Å². The lowest BCUT2D eigenvalue weighted by Crippen LogP contribution is -2.17. The first-order valence-corrected chi connectivity index (χ1v) is 9.27. The van der Waals surface area contributed by atoms with Gasteiger partial charge < -0.3 is 10.2 Å². The SMILES string of the molecule is Cc1ccc(Nc2nc(N(C)c3ccc(C(C)C)cc3)ncc2C(F)(F)F)cc1. The van der Waals surface area contributed by atoms with Gasteiger partial charge in [0.25, 0.3) is 0 Å². The molecule has 0 spiro atoms. The van der Waals surface area contributed by atoms with Crippen LogP contribution in [0.5, 0.6) is 0 Å². The van der Waals surface area contributed by atoms with Crippen molar-refractivity contribution in [2.45, 2.75) is 32.9 Å². The number of hydrogen-bond donors (Lipinski definition) is 1. The summed E-state index contributed by atoms with van der Waals surface area (Å²) in [5, 5.41) is 2.78. The van der Waals surface area contributed by atoms with E-state index in [0.29, 0.717) is 11.6 Å². The number of alkyl halides is 3. The third-order valence-corrected chi connectivity index (χ3v) is 4.64. The Morgan fingerprint density at radius 3 is 2.14 bits per heavy atom. The highest BCUT2D eigenvalue weighted by atomic mass is 19.4. The van der Waals surface area contributed by atoms with Crippen LogP contribution in [0.2, 0.25) is 0 Å². The van der Waals surface area contributed by atoms with Gasteiger partial charge in [-0.3, -0.25) is 0 Å². The van der Waals surface area contributed by atoms with Crippen LogP contribution < -0.4 is 10.2 Å². The zero-order valence-electron chi connectivity index (χ0n) is 16.7. The van der Waals surface area contributed by atoms with Crippen molar-refractivity contribution < 1.29 is 13.2 Å². The summed E-state index contributed by atoms with van der Waals surface area (Å²) >= 11 is 0. The maximum Gasteiger partial charge on any atom is 0.421 e. The summed E-state index contributed by atoms with van der Waals surface area (Å²) in [6, 6.07) is 14.9. The maximum absolute atomic E-state index is 13.5. The van der Waals surface area contributed by atoms with Gasteiger partial charge in [0.2, 0.25) is 5.95 Å². The highest BCUT2D eigenvalue weighted by Crippen LogP contribution is 2.36. The molecule has 0 atom stereocenters. The topological polar surface area (TPSA) is 41.1 Å². The fourth-order valence-corrected chi connectivity index (χ4v) is 2.81. The lowest BCUT2D eigenvalue weighted by atomic mass is 10.0. The second-order valence-corrected chi connectivity index (χ2v) is 7.23. The second-order valence-electron chi connectivity index (χ2n) is 7.23. The Balaban J connectivity index is 1.96. The number of rotatable bonds is 5. The van der Waals surface area contributed by atoms with Crippen molar-refractivity contribution in [1.82, 2.24) is 9.97 Å². The van der Waals surface area contributed by atoms with Crippen molar-refractivity contribution in [1.29, 1.82) is 0 Å². The van der Waals surface area contributed by atoms with Crippen LogP contribution in [0.15, 0.2) is 54.7 Å². The normalized spacial score (nSPS) is 11.6. The van der Waals surface area contributed by atoms with E-state index < -0.39 is 11.7 Å². The van der Waals surface area contributed by atoms with Gasteiger partial charge in [0.15, 0.2) is 0 Å². The highest BCUT2D eigenvalue weighted by molar-refractivity contribution is 5.64. The molecule has 29 heavy (non-hydrogen) atoms.